The van der Waals surface area contributed by atoms with Gasteiger partial charge >= 0.3 is 0 Å². The van der Waals surface area contributed by atoms with Crippen molar-refractivity contribution >= 4 is 27.4 Å². The van der Waals surface area contributed by atoms with Gasteiger partial charge in [0, 0.05) is 20.2 Å². The molecule has 0 spiro atoms. The van der Waals surface area contributed by atoms with Crippen molar-refractivity contribution in [1.82, 2.24) is 19.6 Å². The SMILES string of the molecule is CCC1(COC)CCN(c2ncc(Br)n3ncnc23)CC1. The maximum Gasteiger partial charge on any atom is 0.199 e. The summed E-state index contributed by atoms with van der Waals surface area (Å²) in [5.74, 6) is 0.915. The molecule has 0 radical (unpaired) electrons. The fourth-order valence-electron chi connectivity index (χ4n) is 3.10. The van der Waals surface area contributed by atoms with Crippen molar-refractivity contribution in [1.29, 1.82) is 0 Å². The molecular weight excluding hydrogens is 334 g/mol. The van der Waals surface area contributed by atoms with Gasteiger partial charge in [-0.3, -0.25) is 0 Å². The summed E-state index contributed by atoms with van der Waals surface area (Å²) in [6.45, 7) is 5.05. The summed E-state index contributed by atoms with van der Waals surface area (Å²) in [5, 5.41) is 4.22. The number of ether oxygens (including phenoxy) is 1. The third-order valence-corrected chi connectivity index (χ3v) is 5.11. The number of nitrogens with zero attached hydrogens (tertiary/aromatic N) is 5. The summed E-state index contributed by atoms with van der Waals surface area (Å²) >= 11 is 3.45. The van der Waals surface area contributed by atoms with E-state index in [1.807, 2.05) is 0 Å². The van der Waals surface area contributed by atoms with Crippen molar-refractivity contribution in [2.45, 2.75) is 26.2 Å². The van der Waals surface area contributed by atoms with Gasteiger partial charge in [0.05, 0.1) is 12.8 Å². The van der Waals surface area contributed by atoms with Crippen LogP contribution >= 0.6 is 15.9 Å². The topological polar surface area (TPSA) is 55.5 Å². The molecule has 0 bridgehead atoms. The normalized spacial score (nSPS) is 18.3. The zero-order valence-corrected chi connectivity index (χ0v) is 14.0. The first-order chi connectivity index (χ1) is 10.2. The maximum atomic E-state index is 5.42. The van der Waals surface area contributed by atoms with E-state index >= 15 is 0 Å². The molecule has 0 amide bonds. The lowest BCUT2D eigenvalue weighted by atomic mass is 9.77. The van der Waals surface area contributed by atoms with E-state index in [0.29, 0.717) is 5.41 Å². The Balaban J connectivity index is 1.83. The molecule has 114 valence electrons. The first-order valence-corrected chi connectivity index (χ1v) is 8.06. The van der Waals surface area contributed by atoms with Crippen LogP contribution in [-0.4, -0.2) is 46.4 Å². The van der Waals surface area contributed by atoms with E-state index in [1.165, 1.54) is 0 Å². The predicted octanol–water partition coefficient (Wildman–Crippen LogP) is 2.53. The van der Waals surface area contributed by atoms with Crippen LogP contribution in [0.1, 0.15) is 26.2 Å². The van der Waals surface area contributed by atoms with Crippen molar-refractivity contribution in [2.75, 3.05) is 31.7 Å². The van der Waals surface area contributed by atoms with Crippen molar-refractivity contribution in [3.8, 4) is 0 Å². The Morgan fingerprint density at radius 1 is 1.33 bits per heavy atom. The Kier molecular flexibility index (Phi) is 4.12. The molecule has 0 N–H and O–H groups in total. The fraction of sp³-hybridized carbons (Fsp3) is 0.643. The molecule has 0 unspecified atom stereocenters. The summed E-state index contributed by atoms with van der Waals surface area (Å²) in [6.07, 6.45) is 6.75. The van der Waals surface area contributed by atoms with Crippen LogP contribution in [0.5, 0.6) is 0 Å². The predicted molar refractivity (Wildman–Crippen MR) is 84.5 cm³/mol. The number of halogens is 1. The number of fused-ring (bicyclic) bond motifs is 1. The van der Waals surface area contributed by atoms with E-state index in [4.69, 9.17) is 4.74 Å². The van der Waals surface area contributed by atoms with Crippen molar-refractivity contribution < 1.29 is 4.74 Å². The average molecular weight is 354 g/mol. The highest BCUT2D eigenvalue weighted by atomic mass is 79.9. The molecule has 21 heavy (non-hydrogen) atoms. The Morgan fingerprint density at radius 2 is 2.10 bits per heavy atom. The summed E-state index contributed by atoms with van der Waals surface area (Å²) in [4.78, 5) is 11.2. The molecule has 6 nitrogen and oxygen atoms in total. The molecule has 1 saturated heterocycles. The third kappa shape index (κ3) is 2.64. The minimum absolute atomic E-state index is 0.310. The van der Waals surface area contributed by atoms with Gasteiger partial charge in [-0.05, 0) is 40.6 Å². The Hall–Kier alpha value is -1.21. The van der Waals surface area contributed by atoms with Crippen molar-refractivity contribution in [3.05, 3.63) is 17.1 Å². The smallest absolute Gasteiger partial charge is 0.199 e. The highest BCUT2D eigenvalue weighted by molar-refractivity contribution is 9.10. The van der Waals surface area contributed by atoms with Gasteiger partial charge in [-0.2, -0.15) is 5.10 Å². The molecule has 0 atom stereocenters. The molecule has 1 aliphatic heterocycles. The van der Waals surface area contributed by atoms with E-state index in [0.717, 1.165) is 55.0 Å². The molecule has 0 aliphatic carbocycles. The zero-order valence-electron chi connectivity index (χ0n) is 12.4. The Labute approximate surface area is 132 Å². The lowest BCUT2D eigenvalue weighted by molar-refractivity contribution is 0.0558. The monoisotopic (exact) mass is 353 g/mol. The van der Waals surface area contributed by atoms with Gasteiger partial charge in [-0.25, -0.2) is 14.5 Å². The van der Waals surface area contributed by atoms with E-state index in [1.54, 1.807) is 24.1 Å². The third-order valence-electron chi connectivity index (χ3n) is 4.57. The minimum atomic E-state index is 0.310. The van der Waals surface area contributed by atoms with Crippen LogP contribution in [0.15, 0.2) is 17.1 Å². The fourth-order valence-corrected chi connectivity index (χ4v) is 3.46. The van der Waals surface area contributed by atoms with Gasteiger partial charge in [-0.1, -0.05) is 6.92 Å². The van der Waals surface area contributed by atoms with Gasteiger partial charge in [0.2, 0.25) is 0 Å². The molecule has 1 aliphatic rings. The molecule has 2 aromatic rings. The Bertz CT molecular complexity index is 621. The maximum absolute atomic E-state index is 5.42. The second-order valence-corrected chi connectivity index (χ2v) is 6.49. The molecule has 3 rings (SSSR count). The number of aromatic nitrogens is 4. The lowest BCUT2D eigenvalue weighted by Crippen LogP contribution is -2.42. The summed E-state index contributed by atoms with van der Waals surface area (Å²) in [6, 6.07) is 0. The van der Waals surface area contributed by atoms with Crippen molar-refractivity contribution in [3.63, 3.8) is 0 Å². The van der Waals surface area contributed by atoms with Crippen molar-refractivity contribution in [2.24, 2.45) is 5.41 Å². The summed E-state index contributed by atoms with van der Waals surface area (Å²) in [7, 11) is 1.79. The molecule has 1 fully saturated rings. The second kappa shape index (κ2) is 5.88. The quantitative estimate of drug-likeness (QED) is 0.845. The van der Waals surface area contributed by atoms with E-state index in [-0.39, 0.29) is 0 Å². The van der Waals surface area contributed by atoms with Crippen LogP contribution in [0.2, 0.25) is 0 Å². The van der Waals surface area contributed by atoms with Gasteiger partial charge < -0.3 is 9.64 Å². The van der Waals surface area contributed by atoms with Gasteiger partial charge in [-0.15, -0.1) is 0 Å². The number of rotatable bonds is 4. The van der Waals surface area contributed by atoms with Gasteiger partial charge in [0.1, 0.15) is 10.9 Å². The number of methoxy groups -OCH3 is 1. The number of hydrogen-bond donors (Lipinski definition) is 0. The average Bonchev–Trinajstić information content (AvgIpc) is 2.99. The molecule has 3 heterocycles. The van der Waals surface area contributed by atoms with Crippen LogP contribution in [0.25, 0.3) is 5.65 Å². The molecular formula is C14H20BrN5O. The van der Waals surface area contributed by atoms with E-state index < -0.39 is 0 Å². The van der Waals surface area contributed by atoms with Crippen LogP contribution in [-0.2, 0) is 4.74 Å². The number of anilines is 1. The summed E-state index contributed by atoms with van der Waals surface area (Å²) in [5.41, 5.74) is 1.12. The molecule has 7 heteroatoms. The first kappa shape index (κ1) is 14.7. The largest absolute Gasteiger partial charge is 0.384 e. The highest BCUT2D eigenvalue weighted by Crippen LogP contribution is 2.36. The number of hydrogen-bond acceptors (Lipinski definition) is 5. The molecule has 0 aromatic carbocycles. The molecule has 0 saturated carbocycles. The lowest BCUT2D eigenvalue weighted by Gasteiger charge is -2.41. The van der Waals surface area contributed by atoms with Gasteiger partial charge in [0.15, 0.2) is 11.5 Å². The van der Waals surface area contributed by atoms with Crippen LogP contribution in [0, 0.1) is 5.41 Å². The number of piperidine rings is 1. The summed E-state index contributed by atoms with van der Waals surface area (Å²) < 4.78 is 8.02. The van der Waals surface area contributed by atoms with Gasteiger partial charge in [0.25, 0.3) is 0 Å². The first-order valence-electron chi connectivity index (χ1n) is 7.27. The van der Waals surface area contributed by atoms with E-state index in [2.05, 4.69) is 42.8 Å². The standard InChI is InChI=1S/C14H20BrN5O/c1-3-14(9-21-2)4-6-19(7-5-14)12-13-17-10-18-20(13)11(15)8-16-12/h8,10H,3-7,9H2,1-2H3. The van der Waals surface area contributed by atoms with E-state index in [9.17, 15) is 0 Å². The van der Waals surface area contributed by atoms with Crippen LogP contribution < -0.4 is 4.90 Å². The van der Waals surface area contributed by atoms with Crippen LogP contribution in [0.4, 0.5) is 5.82 Å². The highest BCUT2D eigenvalue weighted by Gasteiger charge is 2.34. The van der Waals surface area contributed by atoms with Crippen LogP contribution in [0.3, 0.4) is 0 Å². The second-order valence-electron chi connectivity index (χ2n) is 5.67. The minimum Gasteiger partial charge on any atom is -0.384 e. The zero-order chi connectivity index (χ0) is 14.9. The Morgan fingerprint density at radius 3 is 2.76 bits per heavy atom. The molecule has 2 aromatic heterocycles.